The van der Waals surface area contributed by atoms with E-state index >= 15 is 0 Å². The van der Waals surface area contributed by atoms with E-state index < -0.39 is 17.9 Å². The number of aliphatic hydroxyl groups is 1. The van der Waals surface area contributed by atoms with Crippen LogP contribution in [0.15, 0.2) is 65.5 Å². The lowest BCUT2D eigenvalue weighted by atomic mass is 10.0. The van der Waals surface area contributed by atoms with Gasteiger partial charge in [-0.15, -0.1) is 11.3 Å². The van der Waals surface area contributed by atoms with E-state index in [-0.39, 0.29) is 13.2 Å². The maximum Gasteiger partial charge on any atom is 0.313 e. The molecule has 3 aromatic rings. The van der Waals surface area contributed by atoms with Crippen molar-refractivity contribution in [2.45, 2.75) is 19.1 Å². The van der Waals surface area contributed by atoms with Crippen LogP contribution in [0.5, 0.6) is 5.75 Å². The molecular weight excluding hydrogens is 390 g/mol. The number of aliphatic hydroxyl groups excluding tert-OH is 1. The van der Waals surface area contributed by atoms with Crippen molar-refractivity contribution in [1.29, 1.82) is 0 Å². The summed E-state index contributed by atoms with van der Waals surface area (Å²) in [5, 5.41) is 16.4. The molecule has 0 saturated carbocycles. The molecule has 0 saturated heterocycles. The lowest BCUT2D eigenvalue weighted by Gasteiger charge is -2.18. The molecule has 1 heterocycles. The summed E-state index contributed by atoms with van der Waals surface area (Å²) in [6, 6.07) is 15.6. The first-order valence-corrected chi connectivity index (χ1v) is 9.98. The molecule has 1 unspecified atom stereocenters. The van der Waals surface area contributed by atoms with Crippen molar-refractivity contribution in [2.75, 3.05) is 11.9 Å². The number of nitrogens with zero attached hydrogens (tertiary/aromatic N) is 1. The number of carbonyl (C=O) groups is 2. The molecule has 0 radical (unpaired) electrons. The standard InChI is InChI=1S/C21H21N3O4S/c25-11-10-17(15-6-2-1-3-7-15)23-20(26)21(27)24-18-8-4-5-9-19(18)28-12-16-13-29-14-22-16/h1-9,13-14,17,25H,10-12H2,(H,23,26)(H,24,27). The monoisotopic (exact) mass is 411 g/mol. The van der Waals surface area contributed by atoms with Gasteiger partial charge in [0.1, 0.15) is 12.4 Å². The van der Waals surface area contributed by atoms with Gasteiger partial charge in [-0.25, -0.2) is 4.98 Å². The van der Waals surface area contributed by atoms with Gasteiger partial charge in [-0.1, -0.05) is 42.5 Å². The molecule has 29 heavy (non-hydrogen) atoms. The minimum absolute atomic E-state index is 0.116. The third-order valence-electron chi connectivity index (χ3n) is 4.13. The van der Waals surface area contributed by atoms with Crippen molar-refractivity contribution in [2.24, 2.45) is 0 Å². The zero-order valence-electron chi connectivity index (χ0n) is 15.6. The van der Waals surface area contributed by atoms with Crippen molar-refractivity contribution in [3.05, 3.63) is 76.7 Å². The smallest absolute Gasteiger partial charge is 0.313 e. The number of anilines is 1. The molecule has 1 aromatic heterocycles. The number of rotatable bonds is 8. The van der Waals surface area contributed by atoms with Gasteiger partial charge in [-0.05, 0) is 24.1 Å². The summed E-state index contributed by atoms with van der Waals surface area (Å²) in [5.41, 5.74) is 3.70. The van der Waals surface area contributed by atoms with Crippen LogP contribution in [0.4, 0.5) is 5.69 Å². The number of aromatic nitrogens is 1. The average Bonchev–Trinajstić information content (AvgIpc) is 3.27. The molecule has 1 atom stereocenters. The molecule has 3 rings (SSSR count). The zero-order chi connectivity index (χ0) is 20.5. The fourth-order valence-corrected chi connectivity index (χ4v) is 3.24. The Morgan fingerprint density at radius 1 is 1.07 bits per heavy atom. The lowest BCUT2D eigenvalue weighted by molar-refractivity contribution is -0.136. The minimum atomic E-state index is -0.812. The van der Waals surface area contributed by atoms with Crippen LogP contribution in [0.1, 0.15) is 23.7 Å². The van der Waals surface area contributed by atoms with Gasteiger partial charge in [0.05, 0.1) is 22.9 Å². The predicted octanol–water partition coefficient (Wildman–Crippen LogP) is 2.90. The molecule has 2 aromatic carbocycles. The summed E-state index contributed by atoms with van der Waals surface area (Å²) >= 11 is 1.47. The van der Waals surface area contributed by atoms with Crippen LogP contribution < -0.4 is 15.4 Å². The number of para-hydroxylation sites is 2. The number of thiazole rings is 1. The zero-order valence-corrected chi connectivity index (χ0v) is 16.4. The number of hydrogen-bond acceptors (Lipinski definition) is 6. The van der Waals surface area contributed by atoms with Crippen molar-refractivity contribution in [3.63, 3.8) is 0 Å². The third kappa shape index (κ3) is 5.87. The van der Waals surface area contributed by atoms with Crippen LogP contribution in [0.3, 0.4) is 0 Å². The maximum atomic E-state index is 12.4. The Kier molecular flexibility index (Phi) is 7.32. The first-order valence-electron chi connectivity index (χ1n) is 9.04. The number of benzene rings is 2. The molecule has 0 fully saturated rings. The second-order valence-corrected chi connectivity index (χ2v) is 6.89. The van der Waals surface area contributed by atoms with Crippen molar-refractivity contribution >= 4 is 28.8 Å². The molecule has 3 N–H and O–H groups in total. The highest BCUT2D eigenvalue weighted by atomic mass is 32.1. The van der Waals surface area contributed by atoms with Crippen LogP contribution >= 0.6 is 11.3 Å². The Labute approximate surface area is 172 Å². The fraction of sp³-hybridized carbons (Fsp3) is 0.190. The van der Waals surface area contributed by atoms with Gasteiger partial charge >= 0.3 is 11.8 Å². The van der Waals surface area contributed by atoms with Gasteiger partial charge in [0.2, 0.25) is 0 Å². The van der Waals surface area contributed by atoms with Crippen LogP contribution in [0, 0.1) is 0 Å². The summed E-state index contributed by atoms with van der Waals surface area (Å²) in [4.78, 5) is 29.0. The van der Waals surface area contributed by atoms with E-state index in [1.165, 1.54) is 11.3 Å². The van der Waals surface area contributed by atoms with Crippen LogP contribution in [-0.2, 0) is 16.2 Å². The third-order valence-corrected chi connectivity index (χ3v) is 4.76. The summed E-state index contributed by atoms with van der Waals surface area (Å²) < 4.78 is 5.72. The first-order chi connectivity index (χ1) is 14.2. The van der Waals surface area contributed by atoms with E-state index in [1.54, 1.807) is 29.8 Å². The van der Waals surface area contributed by atoms with Crippen molar-refractivity contribution in [1.82, 2.24) is 10.3 Å². The molecule has 0 aliphatic rings. The Balaban J connectivity index is 1.64. The largest absolute Gasteiger partial charge is 0.485 e. The van der Waals surface area contributed by atoms with Crippen LogP contribution in [0.25, 0.3) is 0 Å². The molecule has 0 aliphatic carbocycles. The Morgan fingerprint density at radius 3 is 2.55 bits per heavy atom. The van der Waals surface area contributed by atoms with Gasteiger partial charge in [-0.3, -0.25) is 9.59 Å². The van der Waals surface area contributed by atoms with Gasteiger partial charge in [0, 0.05) is 12.0 Å². The van der Waals surface area contributed by atoms with Gasteiger partial charge in [0.25, 0.3) is 0 Å². The maximum absolute atomic E-state index is 12.4. The Hall–Kier alpha value is -3.23. The van der Waals surface area contributed by atoms with Gasteiger partial charge in [0.15, 0.2) is 0 Å². The predicted molar refractivity (Wildman–Crippen MR) is 111 cm³/mol. The molecule has 7 nitrogen and oxygen atoms in total. The van der Waals surface area contributed by atoms with E-state index in [4.69, 9.17) is 4.74 Å². The summed E-state index contributed by atoms with van der Waals surface area (Å²) in [5.74, 6) is -1.16. The number of amides is 2. The van der Waals surface area contributed by atoms with Crippen LogP contribution in [-0.4, -0.2) is 28.5 Å². The second-order valence-electron chi connectivity index (χ2n) is 6.17. The molecule has 0 spiro atoms. The van der Waals surface area contributed by atoms with E-state index in [0.29, 0.717) is 17.9 Å². The number of carbonyl (C=O) groups excluding carboxylic acids is 2. The number of hydrogen-bond donors (Lipinski definition) is 3. The van der Waals surface area contributed by atoms with Crippen molar-refractivity contribution < 1.29 is 19.4 Å². The summed E-state index contributed by atoms with van der Waals surface area (Å²) in [6.07, 6.45) is 0.302. The number of ether oxygens (including phenoxy) is 1. The Bertz CT molecular complexity index is 932. The quantitative estimate of drug-likeness (QED) is 0.495. The van der Waals surface area contributed by atoms with Gasteiger partial charge < -0.3 is 20.5 Å². The molecule has 150 valence electrons. The normalized spacial score (nSPS) is 11.5. The lowest BCUT2D eigenvalue weighted by Crippen LogP contribution is -2.38. The average molecular weight is 411 g/mol. The molecule has 0 aliphatic heterocycles. The van der Waals surface area contributed by atoms with Crippen molar-refractivity contribution in [3.8, 4) is 5.75 Å². The molecular formula is C21H21N3O4S. The topological polar surface area (TPSA) is 101 Å². The molecule has 2 amide bonds. The van der Waals surface area contributed by atoms with E-state index in [1.807, 2.05) is 35.7 Å². The Morgan fingerprint density at radius 2 is 1.83 bits per heavy atom. The van der Waals surface area contributed by atoms with Crippen LogP contribution in [0.2, 0.25) is 0 Å². The van der Waals surface area contributed by atoms with E-state index in [9.17, 15) is 14.7 Å². The highest BCUT2D eigenvalue weighted by molar-refractivity contribution is 7.07. The number of nitrogens with one attached hydrogen (secondary N) is 2. The molecule has 8 heteroatoms. The highest BCUT2D eigenvalue weighted by Gasteiger charge is 2.20. The van der Waals surface area contributed by atoms with Gasteiger partial charge in [-0.2, -0.15) is 0 Å². The fourth-order valence-electron chi connectivity index (χ4n) is 2.70. The minimum Gasteiger partial charge on any atom is -0.485 e. The molecule has 0 bridgehead atoms. The SMILES string of the molecule is O=C(Nc1ccccc1OCc1cscn1)C(=O)NC(CCO)c1ccccc1. The van der Waals surface area contributed by atoms with E-state index in [0.717, 1.165) is 11.3 Å². The second kappa shape index (κ2) is 10.4. The van der Waals surface area contributed by atoms with E-state index in [2.05, 4.69) is 15.6 Å². The first kappa shape index (κ1) is 20.5. The highest BCUT2D eigenvalue weighted by Crippen LogP contribution is 2.25. The summed E-state index contributed by atoms with van der Waals surface area (Å²) in [6.45, 7) is 0.143. The summed E-state index contributed by atoms with van der Waals surface area (Å²) in [7, 11) is 0.